The summed E-state index contributed by atoms with van der Waals surface area (Å²) in [5, 5.41) is 0. The first-order valence-electron chi connectivity index (χ1n) is 6.49. The Morgan fingerprint density at radius 1 is 1.21 bits per heavy atom. The minimum Gasteiger partial charge on any atom is -0.326 e. The van der Waals surface area contributed by atoms with Gasteiger partial charge in [0.25, 0.3) is 0 Å². The molecule has 0 aliphatic carbocycles. The van der Waals surface area contributed by atoms with Gasteiger partial charge in [-0.15, -0.1) is 0 Å². The maximum atomic E-state index is 12.5. The van der Waals surface area contributed by atoms with Gasteiger partial charge in [0.05, 0.1) is 11.6 Å². The molecule has 0 bridgehead atoms. The van der Waals surface area contributed by atoms with Gasteiger partial charge in [0.15, 0.2) is 0 Å². The van der Waals surface area contributed by atoms with Crippen molar-refractivity contribution in [3.05, 3.63) is 35.4 Å². The SMILES string of the molecule is CC(C)N1CCC(N)C1c1ccc(C(F)(F)F)cc1. The fourth-order valence-electron chi connectivity index (χ4n) is 2.73. The summed E-state index contributed by atoms with van der Waals surface area (Å²) >= 11 is 0. The molecular weight excluding hydrogens is 253 g/mol. The Morgan fingerprint density at radius 3 is 2.26 bits per heavy atom. The van der Waals surface area contributed by atoms with E-state index in [1.165, 1.54) is 0 Å². The van der Waals surface area contributed by atoms with Crippen LogP contribution in [-0.4, -0.2) is 23.5 Å². The number of nitrogens with two attached hydrogens (primary N) is 1. The van der Waals surface area contributed by atoms with Crippen molar-refractivity contribution in [3.63, 3.8) is 0 Å². The molecule has 1 fully saturated rings. The van der Waals surface area contributed by atoms with Crippen LogP contribution in [0.5, 0.6) is 0 Å². The number of rotatable bonds is 2. The normalized spacial score (nSPS) is 25.2. The molecule has 106 valence electrons. The molecule has 0 aromatic heterocycles. The molecule has 1 heterocycles. The first-order chi connectivity index (χ1) is 8.80. The van der Waals surface area contributed by atoms with Crippen LogP contribution in [0.4, 0.5) is 13.2 Å². The van der Waals surface area contributed by atoms with Crippen LogP contribution >= 0.6 is 0 Å². The van der Waals surface area contributed by atoms with Crippen molar-refractivity contribution in [2.45, 2.75) is 44.6 Å². The lowest BCUT2D eigenvalue weighted by atomic mass is 9.99. The van der Waals surface area contributed by atoms with Gasteiger partial charge >= 0.3 is 6.18 Å². The van der Waals surface area contributed by atoms with E-state index < -0.39 is 11.7 Å². The van der Waals surface area contributed by atoms with Crippen molar-refractivity contribution in [2.75, 3.05) is 6.54 Å². The highest BCUT2D eigenvalue weighted by molar-refractivity contribution is 5.28. The fraction of sp³-hybridized carbons (Fsp3) is 0.571. The van der Waals surface area contributed by atoms with Crippen LogP contribution in [0.1, 0.15) is 37.4 Å². The van der Waals surface area contributed by atoms with E-state index in [4.69, 9.17) is 5.73 Å². The molecule has 1 aliphatic heterocycles. The molecule has 0 saturated carbocycles. The molecule has 2 atom stereocenters. The van der Waals surface area contributed by atoms with E-state index in [1.807, 2.05) is 0 Å². The van der Waals surface area contributed by atoms with Crippen LogP contribution < -0.4 is 5.73 Å². The van der Waals surface area contributed by atoms with E-state index in [2.05, 4.69) is 18.7 Å². The number of hydrogen-bond donors (Lipinski definition) is 1. The lowest BCUT2D eigenvalue weighted by Crippen LogP contribution is -2.35. The number of alkyl halides is 3. The van der Waals surface area contributed by atoms with Gasteiger partial charge in [-0.2, -0.15) is 13.2 Å². The molecule has 2 N–H and O–H groups in total. The summed E-state index contributed by atoms with van der Waals surface area (Å²) < 4.78 is 37.6. The zero-order valence-electron chi connectivity index (χ0n) is 11.1. The Bertz CT molecular complexity index is 425. The maximum Gasteiger partial charge on any atom is 0.416 e. The Balaban J connectivity index is 2.26. The molecule has 2 rings (SSSR count). The van der Waals surface area contributed by atoms with E-state index in [0.29, 0.717) is 6.04 Å². The van der Waals surface area contributed by atoms with Crippen LogP contribution in [0.2, 0.25) is 0 Å². The zero-order chi connectivity index (χ0) is 14.2. The second-order valence-corrected chi connectivity index (χ2v) is 5.35. The minimum atomic E-state index is -4.28. The summed E-state index contributed by atoms with van der Waals surface area (Å²) in [4.78, 5) is 2.24. The molecular formula is C14H19F3N2. The number of nitrogens with zero attached hydrogens (tertiary/aromatic N) is 1. The number of hydrogen-bond acceptors (Lipinski definition) is 2. The van der Waals surface area contributed by atoms with Gasteiger partial charge in [0.2, 0.25) is 0 Å². The van der Waals surface area contributed by atoms with Crippen LogP contribution in [0.15, 0.2) is 24.3 Å². The number of halogens is 3. The molecule has 2 nitrogen and oxygen atoms in total. The van der Waals surface area contributed by atoms with E-state index >= 15 is 0 Å². The van der Waals surface area contributed by atoms with E-state index in [1.54, 1.807) is 12.1 Å². The predicted molar refractivity (Wildman–Crippen MR) is 68.6 cm³/mol. The standard InChI is InChI=1S/C14H19F3N2/c1-9(2)19-8-7-12(18)13(19)10-3-5-11(6-4-10)14(15,16)17/h3-6,9,12-13H,7-8,18H2,1-2H3. The summed E-state index contributed by atoms with van der Waals surface area (Å²) in [7, 11) is 0. The molecule has 5 heteroatoms. The highest BCUT2D eigenvalue weighted by atomic mass is 19.4. The van der Waals surface area contributed by atoms with Gasteiger partial charge in [0, 0.05) is 18.6 Å². The highest BCUT2D eigenvalue weighted by Gasteiger charge is 2.35. The van der Waals surface area contributed by atoms with Crippen molar-refractivity contribution in [1.82, 2.24) is 4.90 Å². The maximum absolute atomic E-state index is 12.5. The summed E-state index contributed by atoms with van der Waals surface area (Å²) in [5.41, 5.74) is 6.35. The van der Waals surface area contributed by atoms with Gasteiger partial charge < -0.3 is 5.73 Å². The molecule has 1 aromatic rings. The summed E-state index contributed by atoms with van der Waals surface area (Å²) in [5.74, 6) is 0. The number of likely N-dealkylation sites (tertiary alicyclic amines) is 1. The van der Waals surface area contributed by atoms with Gasteiger partial charge in [-0.1, -0.05) is 12.1 Å². The molecule has 19 heavy (non-hydrogen) atoms. The van der Waals surface area contributed by atoms with Crippen molar-refractivity contribution >= 4 is 0 Å². The third kappa shape index (κ3) is 2.92. The Hall–Kier alpha value is -1.07. The van der Waals surface area contributed by atoms with Crippen molar-refractivity contribution in [2.24, 2.45) is 5.73 Å². The van der Waals surface area contributed by atoms with Crippen LogP contribution in [0.25, 0.3) is 0 Å². The largest absolute Gasteiger partial charge is 0.416 e. The molecule has 0 amide bonds. The Kier molecular flexibility index (Phi) is 3.87. The lowest BCUT2D eigenvalue weighted by molar-refractivity contribution is -0.137. The van der Waals surface area contributed by atoms with Gasteiger partial charge in [0.1, 0.15) is 0 Å². The van der Waals surface area contributed by atoms with Crippen molar-refractivity contribution in [3.8, 4) is 0 Å². The van der Waals surface area contributed by atoms with Crippen LogP contribution in [-0.2, 0) is 6.18 Å². The summed E-state index contributed by atoms with van der Waals surface area (Å²) in [6.07, 6.45) is -3.40. The minimum absolute atomic E-state index is 0.0147. The van der Waals surface area contributed by atoms with Crippen molar-refractivity contribution in [1.29, 1.82) is 0 Å². The third-order valence-electron chi connectivity index (χ3n) is 3.73. The van der Waals surface area contributed by atoms with Gasteiger partial charge in [-0.25, -0.2) is 0 Å². The topological polar surface area (TPSA) is 29.3 Å². The average Bonchev–Trinajstić information content (AvgIpc) is 2.70. The van der Waals surface area contributed by atoms with E-state index in [9.17, 15) is 13.2 Å². The Morgan fingerprint density at radius 2 is 1.79 bits per heavy atom. The smallest absolute Gasteiger partial charge is 0.326 e. The zero-order valence-corrected chi connectivity index (χ0v) is 11.1. The lowest BCUT2D eigenvalue weighted by Gasteiger charge is -2.30. The highest BCUT2D eigenvalue weighted by Crippen LogP contribution is 2.35. The second-order valence-electron chi connectivity index (χ2n) is 5.35. The average molecular weight is 272 g/mol. The monoisotopic (exact) mass is 272 g/mol. The molecule has 1 saturated heterocycles. The third-order valence-corrected chi connectivity index (χ3v) is 3.73. The van der Waals surface area contributed by atoms with Gasteiger partial charge in [-0.3, -0.25) is 4.90 Å². The molecule has 0 spiro atoms. The van der Waals surface area contributed by atoms with Crippen LogP contribution in [0.3, 0.4) is 0 Å². The Labute approximate surface area is 111 Å². The summed E-state index contributed by atoms with van der Waals surface area (Å²) in [6.45, 7) is 5.05. The molecule has 0 radical (unpaired) electrons. The van der Waals surface area contributed by atoms with Crippen molar-refractivity contribution < 1.29 is 13.2 Å². The van der Waals surface area contributed by atoms with E-state index in [0.717, 1.165) is 30.7 Å². The van der Waals surface area contributed by atoms with Gasteiger partial charge in [-0.05, 0) is 38.0 Å². The first-order valence-corrected chi connectivity index (χ1v) is 6.49. The van der Waals surface area contributed by atoms with E-state index in [-0.39, 0.29) is 12.1 Å². The predicted octanol–water partition coefficient (Wildman–Crippen LogP) is 3.19. The second kappa shape index (κ2) is 5.13. The molecule has 2 unspecified atom stereocenters. The number of benzene rings is 1. The molecule has 1 aromatic carbocycles. The summed E-state index contributed by atoms with van der Waals surface area (Å²) in [6, 6.07) is 5.71. The molecule has 1 aliphatic rings. The fourth-order valence-corrected chi connectivity index (χ4v) is 2.73. The first kappa shape index (κ1) is 14.3. The quantitative estimate of drug-likeness (QED) is 0.896. The van der Waals surface area contributed by atoms with Crippen LogP contribution in [0, 0.1) is 0 Å².